The molecule has 0 saturated carbocycles. The number of nitrogens with one attached hydrogen (secondary N) is 5. The molecule has 7 fully saturated rings. The van der Waals surface area contributed by atoms with Gasteiger partial charge in [-0.1, -0.05) is 36.4 Å². The Bertz CT molecular complexity index is 5340. The van der Waals surface area contributed by atoms with Crippen molar-refractivity contribution in [1.29, 1.82) is 31.6 Å². The van der Waals surface area contributed by atoms with E-state index >= 15 is 0 Å². The molecule has 141 heavy (non-hydrogen) atoms. The zero-order valence-electron chi connectivity index (χ0n) is 78.9. The fourth-order valence-corrected chi connectivity index (χ4v) is 16.4. The number of hydrogen-bond acceptors (Lipinski definition) is 30. The molecule has 10 heterocycles. The summed E-state index contributed by atoms with van der Waals surface area (Å²) in [6.07, 6.45) is 5.58. The van der Waals surface area contributed by atoms with Crippen LogP contribution in [0, 0.1) is 86.1 Å². The second-order valence-corrected chi connectivity index (χ2v) is 33.8. The molecule has 0 unspecified atom stereocenters. The number of rotatable bonds is 35. The number of carboxylic acid groups (broad SMARTS) is 1. The van der Waals surface area contributed by atoms with Crippen LogP contribution in [0.4, 0.5) is 74.4 Å². The third kappa shape index (κ3) is 37.2. The maximum atomic E-state index is 13.9. The summed E-state index contributed by atoms with van der Waals surface area (Å²) in [5, 5.41) is 74.6. The van der Waals surface area contributed by atoms with Crippen LogP contribution < -0.4 is 80.6 Å². The number of amidine groups is 2. The summed E-state index contributed by atoms with van der Waals surface area (Å²) in [5.74, 6) is -2.84. The van der Waals surface area contributed by atoms with Crippen molar-refractivity contribution in [2.24, 2.45) is 38.5 Å². The number of carbonyl (C=O) groups excluding carboxylic acids is 4. The quantitative estimate of drug-likeness (QED) is 0.00373. The van der Waals surface area contributed by atoms with Crippen molar-refractivity contribution < 1.29 is 102 Å². The van der Waals surface area contributed by atoms with Gasteiger partial charge in [-0.05, 0) is 206 Å². The Hall–Kier alpha value is -13.6. The van der Waals surface area contributed by atoms with Crippen LogP contribution in [0.2, 0.25) is 0 Å². The van der Waals surface area contributed by atoms with Gasteiger partial charge in [0.1, 0.15) is 64.7 Å². The fraction of sp³-hybridized carbons (Fsp3) is 0.537. The van der Waals surface area contributed by atoms with E-state index in [1.807, 2.05) is 58.6 Å². The summed E-state index contributed by atoms with van der Waals surface area (Å²) < 4.78 is 134. The summed E-state index contributed by atoms with van der Waals surface area (Å²) in [7, 11) is 0. The van der Waals surface area contributed by atoms with Crippen LogP contribution in [-0.2, 0) is 71.2 Å². The normalized spacial score (nSPS) is 17.0. The number of nitrogens with zero attached hydrogens (tertiary/aromatic N) is 21. The third-order valence-corrected chi connectivity index (χ3v) is 24.4. The number of hydrogen-bond donors (Lipinski definition) is 7. The predicted octanol–water partition coefficient (Wildman–Crippen LogP) is 8.41. The minimum absolute atomic E-state index is 0. The van der Waals surface area contributed by atoms with Crippen molar-refractivity contribution in [3.05, 3.63) is 142 Å². The van der Waals surface area contributed by atoms with Crippen molar-refractivity contribution in [2.75, 3.05) is 147 Å². The molecule has 3 aromatic heterocycles. The van der Waals surface area contributed by atoms with Crippen LogP contribution >= 0.6 is 0 Å². The number of nitriles is 6. The number of piperidine rings is 3. The van der Waals surface area contributed by atoms with Gasteiger partial charge in [-0.3, -0.25) is 44.6 Å². The van der Waals surface area contributed by atoms with Gasteiger partial charge < -0.3 is 71.1 Å². The van der Waals surface area contributed by atoms with Crippen molar-refractivity contribution in [1.82, 2.24) is 56.5 Å². The van der Waals surface area contributed by atoms with Gasteiger partial charge in [0.2, 0.25) is 41.4 Å². The van der Waals surface area contributed by atoms with Gasteiger partial charge >= 0.3 is 49.3 Å². The van der Waals surface area contributed by atoms with Gasteiger partial charge in [-0.2, -0.15) is 76.1 Å². The first kappa shape index (κ1) is 114. The van der Waals surface area contributed by atoms with E-state index in [9.17, 15) is 63.5 Å². The number of ether oxygens (including phenoxy) is 2. The number of esters is 1. The molecule has 3 atom stereocenters. The van der Waals surface area contributed by atoms with Crippen LogP contribution in [-0.4, -0.2) is 225 Å². The van der Waals surface area contributed by atoms with E-state index in [2.05, 4.69) is 96.4 Å². The van der Waals surface area contributed by atoms with E-state index in [1.165, 1.54) is 31.2 Å². The van der Waals surface area contributed by atoms with Crippen molar-refractivity contribution in [3.8, 4) is 36.8 Å². The maximum Gasteiger partial charge on any atom is 1.00 e. The number of aliphatic imine (C=N–C) groups is 3. The smallest absolute Gasteiger partial charge is 0.870 e. The molecule has 46 heteroatoms. The zero-order valence-corrected chi connectivity index (χ0v) is 78.9. The first-order valence-electron chi connectivity index (χ1n) is 46.5. The van der Waals surface area contributed by atoms with Crippen molar-refractivity contribution >= 4 is 83.0 Å². The Morgan fingerprint density at radius 2 is 0.780 bits per heavy atom. The monoisotopic (exact) mass is 1960 g/mol. The molecule has 3 aromatic carbocycles. The zero-order chi connectivity index (χ0) is 100. The summed E-state index contributed by atoms with van der Waals surface area (Å²) in [4.78, 5) is 106. The summed E-state index contributed by atoms with van der Waals surface area (Å²) in [5.41, 5.74) is 10.2. The molecule has 7 aliphatic heterocycles. The van der Waals surface area contributed by atoms with E-state index in [1.54, 1.807) is 69.0 Å². The molecule has 0 radical (unpaired) electrons. The first-order chi connectivity index (χ1) is 66.9. The molecule has 7 aliphatic rings. The van der Waals surface area contributed by atoms with E-state index in [0.717, 1.165) is 74.8 Å². The second-order valence-electron chi connectivity index (χ2n) is 33.8. The molecule has 750 valence electrons. The molecule has 13 rings (SSSR count). The molecule has 7 saturated heterocycles. The van der Waals surface area contributed by atoms with E-state index in [4.69, 9.17) is 51.9 Å². The SMILES string of the molecule is C1CCOC1.C=NC#N.CCOC(=O)CCCC(=NCCC1CCN(c2cc(N3CC[C@H]3C(=O)NCCc3ccc(C#N)cc3)nc(C(F)(F)F)n2)CC1)NC#N.N#CNC(CCCC(=O)O)=NCCC1CCN(c2cc(N3CC[C@H]3C(=O)NCCc3ccc(C#N)cc3)nc(C(F)(F)F)n2)CC1.N#Cc1ccc(CCNC(=O)[C@@H]2CCN2c2cc(N3CCC(CCN)CC3)nc(C(F)(F)F)n2)cc1.[Li+].[OH-]. The van der Waals surface area contributed by atoms with Gasteiger partial charge in [0, 0.05) is 155 Å². The van der Waals surface area contributed by atoms with E-state index < -0.39 is 60.1 Å². The molecule has 3 amide bonds. The van der Waals surface area contributed by atoms with Crippen LogP contribution in [0.1, 0.15) is 186 Å². The number of alkyl halides is 9. The molecule has 0 aliphatic carbocycles. The second kappa shape index (κ2) is 58.5. The Morgan fingerprint density at radius 3 is 1.03 bits per heavy atom. The summed E-state index contributed by atoms with van der Waals surface area (Å²) in [6, 6.07) is 30.1. The average Bonchev–Trinajstić information content (AvgIpc) is 1.72. The van der Waals surface area contributed by atoms with Gasteiger partial charge in [-0.25, -0.2) is 29.9 Å². The topological polar surface area (TPSA) is 517 Å². The van der Waals surface area contributed by atoms with E-state index in [-0.39, 0.29) is 102 Å². The van der Waals surface area contributed by atoms with Gasteiger partial charge in [-0.15, -0.1) is 0 Å². The largest absolute Gasteiger partial charge is 1.00 e. The van der Waals surface area contributed by atoms with Crippen molar-refractivity contribution in [2.45, 2.75) is 191 Å². The Balaban J connectivity index is 0.000000275. The molecular weight excluding hydrogens is 1840 g/mol. The number of aliphatic carboxylic acids is 1. The van der Waals surface area contributed by atoms with Gasteiger partial charge in [0.05, 0.1) is 41.5 Å². The third-order valence-electron chi connectivity index (χ3n) is 24.4. The maximum absolute atomic E-state index is 13.9. The van der Waals surface area contributed by atoms with E-state index in [0.29, 0.717) is 222 Å². The van der Waals surface area contributed by atoms with Crippen molar-refractivity contribution in [3.63, 3.8) is 0 Å². The number of benzene rings is 3. The van der Waals surface area contributed by atoms with Gasteiger partial charge in [0.15, 0.2) is 12.4 Å². The number of carboxylic acids is 1. The standard InChI is InChI=1S/C33H40F3N9O3.C31H36F3N9O3.C25H30F3N7O.C4H8O.C2H2N2.Li.H2O/c1-2-48-30(46)5-3-4-27(41-22-38)39-15-10-24-12-17-44(18-13-24)28-20-29(43-32(42-28)33(34,35)36)45-19-14-26(45)31(47)40-16-11-23-6-8-25(21-37)9-7-23;32-31(33,34)30-40-26(42-15-10-22(11-16-42)8-13-37-25(39-20-36)2-1-3-28(44)45)18-27(41-30)43-17-12-24(43)29(46)38-14-9-21-4-6-23(19-35)7-5-21;26-25(27,28)24-32-21(34-12-7-18(5-10-29)8-13-34)15-22(33-24)35-14-9-20(35)23(36)31-11-6-17-1-3-19(16-30)4-2-17;1-2-4-5-3-1;1-4-2-3;;/h6-9,20,24,26H,2-5,10-19H2,1H3,(H,39,41)(H,40,47);4-7,18,22,24H,1-3,8-17H2,(H,37,39)(H,38,46)(H,44,45);1-4,15,18,20H,5-14,29H2,(H,31,36);1-4H2;1H2;;1H2/q;;;;;+1;/p-1/t26-;24-;20-;;;;/m000..../s1. The Kier molecular flexibility index (Phi) is 47.5. The Labute approximate surface area is 825 Å². The average molecular weight is 1960 g/mol. The minimum atomic E-state index is -4.76. The van der Waals surface area contributed by atoms with Crippen LogP contribution in [0.25, 0.3) is 0 Å². The summed E-state index contributed by atoms with van der Waals surface area (Å²) >= 11 is 0. The van der Waals surface area contributed by atoms with Crippen LogP contribution in [0.15, 0.2) is 106 Å². The minimum Gasteiger partial charge on any atom is -0.870 e. The Morgan fingerprint density at radius 1 is 0.475 bits per heavy atom. The first-order valence-corrected chi connectivity index (χ1v) is 46.5. The molecule has 0 spiro atoms. The van der Waals surface area contributed by atoms with Crippen LogP contribution in [0.5, 0.6) is 0 Å². The van der Waals surface area contributed by atoms with Crippen LogP contribution in [0.3, 0.4) is 0 Å². The number of anilines is 6. The van der Waals surface area contributed by atoms with Gasteiger partial charge in [0.25, 0.3) is 0 Å². The number of halogens is 9. The fourth-order valence-electron chi connectivity index (χ4n) is 16.4. The molecular formula is C95H117F9LiN27O9. The number of nitrogens with two attached hydrogens (primary N) is 1. The number of amides is 3. The molecule has 36 nitrogen and oxygen atoms in total. The number of aromatic nitrogens is 6. The summed E-state index contributed by atoms with van der Waals surface area (Å²) in [6.45, 7) is 14.0. The number of carbonyl (C=O) groups is 5. The molecule has 0 bridgehead atoms. The predicted molar refractivity (Wildman–Crippen MR) is 501 cm³/mol. The molecule has 6 aromatic rings. The molecule has 9 N–H and O–H groups in total.